The second kappa shape index (κ2) is 4.84. The molecule has 1 saturated heterocycles. The molecule has 3 heteroatoms. The molecule has 3 rings (SSSR count). The van der Waals surface area contributed by atoms with Crippen molar-refractivity contribution in [2.75, 3.05) is 0 Å². The molecule has 2 aliphatic heterocycles. The molecular formula is C15H17NO2. The van der Waals surface area contributed by atoms with Crippen LogP contribution in [0.4, 0.5) is 4.79 Å². The van der Waals surface area contributed by atoms with Gasteiger partial charge in [-0.3, -0.25) is 4.90 Å². The van der Waals surface area contributed by atoms with Gasteiger partial charge < -0.3 is 4.74 Å². The Morgan fingerprint density at radius 3 is 2.50 bits per heavy atom. The number of piperidine rings is 1. The first kappa shape index (κ1) is 11.3. The lowest BCUT2D eigenvalue weighted by atomic mass is 10.0. The molecule has 1 aromatic rings. The molecule has 18 heavy (non-hydrogen) atoms. The Morgan fingerprint density at radius 2 is 1.83 bits per heavy atom. The Kier molecular flexibility index (Phi) is 3.05. The Balaban J connectivity index is 1.59. The third-order valence-electron chi connectivity index (χ3n) is 3.69. The van der Waals surface area contributed by atoms with Crippen molar-refractivity contribution in [3.8, 4) is 0 Å². The number of hydrogen-bond acceptors (Lipinski definition) is 2. The summed E-state index contributed by atoms with van der Waals surface area (Å²) in [6, 6.07) is 10.3. The normalized spacial score (nSPS) is 25.2. The lowest BCUT2D eigenvalue weighted by Crippen LogP contribution is -2.44. The number of ether oxygens (including phenoxy) is 1. The van der Waals surface area contributed by atoms with E-state index in [4.69, 9.17) is 4.74 Å². The van der Waals surface area contributed by atoms with E-state index in [0.717, 1.165) is 18.4 Å². The summed E-state index contributed by atoms with van der Waals surface area (Å²) in [5.41, 5.74) is 1.03. The number of nitrogens with zero attached hydrogens (tertiary/aromatic N) is 1. The number of rotatable bonds is 2. The summed E-state index contributed by atoms with van der Waals surface area (Å²) in [4.78, 5) is 14.0. The minimum atomic E-state index is -0.182. The lowest BCUT2D eigenvalue weighted by molar-refractivity contribution is 0.0700. The van der Waals surface area contributed by atoms with Crippen molar-refractivity contribution in [1.82, 2.24) is 4.90 Å². The van der Waals surface area contributed by atoms with Gasteiger partial charge in [-0.15, -0.1) is 0 Å². The third kappa shape index (κ3) is 2.13. The summed E-state index contributed by atoms with van der Waals surface area (Å²) in [5.74, 6) is 0. The highest BCUT2D eigenvalue weighted by molar-refractivity contribution is 5.70. The maximum atomic E-state index is 12.1. The van der Waals surface area contributed by atoms with Crippen molar-refractivity contribution in [3.63, 3.8) is 0 Å². The van der Waals surface area contributed by atoms with Crippen molar-refractivity contribution in [2.45, 2.75) is 38.0 Å². The molecule has 94 valence electrons. The zero-order chi connectivity index (χ0) is 12.4. The van der Waals surface area contributed by atoms with Gasteiger partial charge in [-0.2, -0.15) is 0 Å². The fourth-order valence-corrected chi connectivity index (χ4v) is 2.76. The summed E-state index contributed by atoms with van der Waals surface area (Å²) in [5, 5.41) is 0. The fraction of sp³-hybridized carbons (Fsp3) is 0.400. The maximum absolute atomic E-state index is 12.1. The maximum Gasteiger partial charge on any atom is 0.411 e. The highest BCUT2D eigenvalue weighted by Crippen LogP contribution is 2.30. The van der Waals surface area contributed by atoms with Gasteiger partial charge in [0.15, 0.2) is 0 Å². The van der Waals surface area contributed by atoms with Gasteiger partial charge in [0, 0.05) is 0 Å². The van der Waals surface area contributed by atoms with Crippen LogP contribution in [0.3, 0.4) is 0 Å². The largest absolute Gasteiger partial charge is 0.445 e. The van der Waals surface area contributed by atoms with Gasteiger partial charge in [0.05, 0.1) is 12.1 Å². The third-order valence-corrected chi connectivity index (χ3v) is 3.69. The van der Waals surface area contributed by atoms with Crippen LogP contribution in [-0.2, 0) is 11.3 Å². The highest BCUT2D eigenvalue weighted by atomic mass is 16.6. The molecule has 2 bridgehead atoms. The van der Waals surface area contributed by atoms with Crippen LogP contribution in [0.1, 0.15) is 24.8 Å². The van der Waals surface area contributed by atoms with Gasteiger partial charge in [-0.25, -0.2) is 4.79 Å². The molecule has 1 amide bonds. The number of amides is 1. The number of carbonyl (C=O) groups excluding carboxylic acids is 1. The van der Waals surface area contributed by atoms with Crippen LogP contribution in [0.2, 0.25) is 0 Å². The summed E-state index contributed by atoms with van der Waals surface area (Å²) in [6.45, 7) is 0.357. The molecule has 1 aromatic carbocycles. The van der Waals surface area contributed by atoms with Crippen molar-refractivity contribution in [2.24, 2.45) is 0 Å². The second-order valence-electron chi connectivity index (χ2n) is 4.90. The van der Waals surface area contributed by atoms with Gasteiger partial charge in [-0.05, 0) is 24.8 Å². The molecule has 2 unspecified atom stereocenters. The Labute approximate surface area is 107 Å². The summed E-state index contributed by atoms with van der Waals surface area (Å²) in [6.07, 6.45) is 7.42. The van der Waals surface area contributed by atoms with E-state index in [-0.39, 0.29) is 18.2 Å². The molecular weight excluding hydrogens is 226 g/mol. The first-order chi connectivity index (χ1) is 8.84. The van der Waals surface area contributed by atoms with E-state index in [1.165, 1.54) is 6.42 Å². The van der Waals surface area contributed by atoms with E-state index < -0.39 is 0 Å². The highest BCUT2D eigenvalue weighted by Gasteiger charge is 2.36. The van der Waals surface area contributed by atoms with Gasteiger partial charge >= 0.3 is 6.09 Å². The van der Waals surface area contributed by atoms with Crippen molar-refractivity contribution in [3.05, 3.63) is 48.0 Å². The quantitative estimate of drug-likeness (QED) is 0.747. The van der Waals surface area contributed by atoms with Crippen molar-refractivity contribution >= 4 is 6.09 Å². The average molecular weight is 243 g/mol. The Morgan fingerprint density at radius 1 is 1.17 bits per heavy atom. The molecule has 2 heterocycles. The smallest absolute Gasteiger partial charge is 0.411 e. The molecule has 0 spiro atoms. The van der Waals surface area contributed by atoms with Crippen LogP contribution in [0.25, 0.3) is 0 Å². The average Bonchev–Trinajstić information content (AvgIpc) is 2.67. The van der Waals surface area contributed by atoms with Crippen LogP contribution in [-0.4, -0.2) is 23.1 Å². The van der Waals surface area contributed by atoms with E-state index >= 15 is 0 Å². The number of hydrogen-bond donors (Lipinski definition) is 0. The minimum absolute atomic E-state index is 0.182. The van der Waals surface area contributed by atoms with E-state index in [1.54, 1.807) is 0 Å². The van der Waals surface area contributed by atoms with E-state index in [1.807, 2.05) is 35.2 Å². The summed E-state index contributed by atoms with van der Waals surface area (Å²) in [7, 11) is 0. The molecule has 1 fully saturated rings. The van der Waals surface area contributed by atoms with E-state index in [2.05, 4.69) is 12.2 Å². The number of carbonyl (C=O) groups is 1. The van der Waals surface area contributed by atoms with Gasteiger partial charge in [-0.1, -0.05) is 42.5 Å². The monoisotopic (exact) mass is 243 g/mol. The standard InChI is InChI=1S/C15H17NO2/c17-15(18-11-12-5-2-1-3-6-12)16-13-7-4-8-14(16)10-9-13/h1-3,5-6,9-10,13-14H,4,7-8,11H2. The molecule has 2 aliphatic rings. The zero-order valence-corrected chi connectivity index (χ0v) is 10.3. The predicted octanol–water partition coefficient (Wildman–Crippen LogP) is 3.12. The van der Waals surface area contributed by atoms with Crippen LogP contribution in [0.15, 0.2) is 42.5 Å². The SMILES string of the molecule is O=C(OCc1ccccc1)N1C2C=CC1CCC2. The van der Waals surface area contributed by atoms with E-state index in [9.17, 15) is 4.79 Å². The van der Waals surface area contributed by atoms with Gasteiger partial charge in [0.25, 0.3) is 0 Å². The Bertz CT molecular complexity index is 441. The first-order valence-corrected chi connectivity index (χ1v) is 6.52. The second-order valence-corrected chi connectivity index (χ2v) is 4.90. The molecule has 3 nitrogen and oxygen atoms in total. The minimum Gasteiger partial charge on any atom is -0.445 e. The number of benzene rings is 1. The van der Waals surface area contributed by atoms with Crippen LogP contribution >= 0.6 is 0 Å². The van der Waals surface area contributed by atoms with Gasteiger partial charge in [0.1, 0.15) is 6.61 Å². The molecule has 2 atom stereocenters. The van der Waals surface area contributed by atoms with Crippen LogP contribution in [0, 0.1) is 0 Å². The van der Waals surface area contributed by atoms with Crippen molar-refractivity contribution in [1.29, 1.82) is 0 Å². The molecule has 0 aliphatic carbocycles. The van der Waals surface area contributed by atoms with Gasteiger partial charge in [0.2, 0.25) is 0 Å². The molecule has 0 aromatic heterocycles. The zero-order valence-electron chi connectivity index (χ0n) is 10.3. The van der Waals surface area contributed by atoms with Crippen LogP contribution in [0.5, 0.6) is 0 Å². The van der Waals surface area contributed by atoms with Crippen molar-refractivity contribution < 1.29 is 9.53 Å². The molecule has 0 radical (unpaired) electrons. The lowest BCUT2D eigenvalue weighted by Gasteiger charge is -2.33. The first-order valence-electron chi connectivity index (χ1n) is 6.52. The Hall–Kier alpha value is -1.77. The van der Waals surface area contributed by atoms with E-state index in [0.29, 0.717) is 6.61 Å². The molecule has 0 saturated carbocycles. The number of fused-ring (bicyclic) bond motifs is 2. The fourth-order valence-electron chi connectivity index (χ4n) is 2.76. The summed E-state index contributed by atoms with van der Waals surface area (Å²) < 4.78 is 5.40. The predicted molar refractivity (Wildman–Crippen MR) is 69.0 cm³/mol. The molecule has 0 N–H and O–H groups in total. The topological polar surface area (TPSA) is 29.5 Å². The summed E-state index contributed by atoms with van der Waals surface area (Å²) >= 11 is 0. The van der Waals surface area contributed by atoms with Crippen LogP contribution < -0.4 is 0 Å².